The van der Waals surface area contributed by atoms with Crippen LogP contribution in [0, 0.1) is 22.7 Å². The van der Waals surface area contributed by atoms with Gasteiger partial charge in [0.1, 0.15) is 12.1 Å². The monoisotopic (exact) mass is 222 g/mol. The quantitative estimate of drug-likeness (QED) is 0.790. The van der Waals surface area contributed by atoms with E-state index in [0.717, 1.165) is 0 Å². The van der Waals surface area contributed by atoms with Crippen molar-refractivity contribution in [3.63, 3.8) is 0 Å². The van der Waals surface area contributed by atoms with E-state index in [1.807, 2.05) is 24.3 Å². The Morgan fingerprint density at radius 1 is 1.06 bits per heavy atom. The molecule has 80 valence electrons. The highest BCUT2D eigenvalue weighted by molar-refractivity contribution is 5.41. The Kier molecular flexibility index (Phi) is 2.90. The lowest BCUT2D eigenvalue weighted by molar-refractivity contribution is 1.12. The van der Waals surface area contributed by atoms with E-state index in [-0.39, 0.29) is 17.3 Å². The predicted octanol–water partition coefficient (Wildman–Crippen LogP) is 2.57. The van der Waals surface area contributed by atoms with E-state index in [1.54, 1.807) is 18.2 Å². The third-order valence-corrected chi connectivity index (χ3v) is 1.93. The molecule has 2 aromatic rings. The third-order valence-electron chi connectivity index (χ3n) is 1.93. The summed E-state index contributed by atoms with van der Waals surface area (Å²) in [6.07, 6.45) is 0. The van der Waals surface area contributed by atoms with E-state index in [2.05, 4.69) is 20.2 Å². The summed E-state index contributed by atoms with van der Waals surface area (Å²) < 4.78 is 0. The van der Waals surface area contributed by atoms with Crippen LogP contribution >= 0.6 is 0 Å². The predicted molar refractivity (Wildman–Crippen MR) is 58.6 cm³/mol. The SMILES string of the molecule is N#Cc1nc(N=Nc2ccccc2)[nH]c1C#N. The molecule has 0 atom stereocenters. The Morgan fingerprint density at radius 2 is 1.82 bits per heavy atom. The fraction of sp³-hybridized carbons (Fsp3) is 0. The van der Waals surface area contributed by atoms with E-state index >= 15 is 0 Å². The first-order chi connectivity index (χ1) is 8.33. The Morgan fingerprint density at radius 3 is 2.41 bits per heavy atom. The largest absolute Gasteiger partial charge is 0.312 e. The number of nitriles is 2. The fourth-order valence-electron chi connectivity index (χ4n) is 1.17. The summed E-state index contributed by atoms with van der Waals surface area (Å²) in [6.45, 7) is 0. The molecule has 0 amide bonds. The maximum absolute atomic E-state index is 8.70. The number of aromatic amines is 1. The molecule has 1 heterocycles. The van der Waals surface area contributed by atoms with Gasteiger partial charge >= 0.3 is 0 Å². The van der Waals surface area contributed by atoms with E-state index < -0.39 is 0 Å². The topological polar surface area (TPSA) is 101 Å². The molecule has 2 rings (SSSR count). The lowest BCUT2D eigenvalue weighted by Crippen LogP contribution is -1.77. The summed E-state index contributed by atoms with van der Waals surface area (Å²) >= 11 is 0. The van der Waals surface area contributed by atoms with Gasteiger partial charge in [-0.15, -0.1) is 10.2 Å². The molecule has 0 radical (unpaired) electrons. The van der Waals surface area contributed by atoms with Crippen molar-refractivity contribution in [3.8, 4) is 12.1 Å². The minimum Gasteiger partial charge on any atom is -0.312 e. The van der Waals surface area contributed by atoms with E-state index in [9.17, 15) is 0 Å². The third kappa shape index (κ3) is 2.33. The Balaban J connectivity index is 2.26. The molecule has 0 spiro atoms. The van der Waals surface area contributed by atoms with E-state index in [4.69, 9.17) is 10.5 Å². The molecule has 6 heteroatoms. The van der Waals surface area contributed by atoms with Gasteiger partial charge in [-0.2, -0.15) is 15.5 Å². The zero-order valence-electron chi connectivity index (χ0n) is 8.62. The van der Waals surface area contributed by atoms with Crippen LogP contribution in [0.3, 0.4) is 0 Å². The molecule has 0 bridgehead atoms. The summed E-state index contributed by atoms with van der Waals surface area (Å²) in [5.74, 6) is 0.141. The van der Waals surface area contributed by atoms with Crippen LogP contribution < -0.4 is 0 Å². The summed E-state index contributed by atoms with van der Waals surface area (Å²) in [5, 5.41) is 25.1. The van der Waals surface area contributed by atoms with E-state index in [0.29, 0.717) is 5.69 Å². The smallest absolute Gasteiger partial charge is 0.249 e. The lowest BCUT2D eigenvalue weighted by Gasteiger charge is -1.87. The van der Waals surface area contributed by atoms with Crippen molar-refractivity contribution < 1.29 is 0 Å². The van der Waals surface area contributed by atoms with Crippen LogP contribution in [-0.2, 0) is 0 Å². The number of azo groups is 1. The van der Waals surface area contributed by atoms with Gasteiger partial charge in [0.25, 0.3) is 0 Å². The van der Waals surface area contributed by atoms with E-state index in [1.165, 1.54) is 0 Å². The maximum atomic E-state index is 8.70. The minimum absolute atomic E-state index is 0.0227. The molecule has 0 aliphatic heterocycles. The average Bonchev–Trinajstić information content (AvgIpc) is 2.80. The number of nitrogens with one attached hydrogen (secondary N) is 1. The van der Waals surface area contributed by atoms with Gasteiger partial charge in [-0.25, -0.2) is 0 Å². The molecule has 0 saturated heterocycles. The van der Waals surface area contributed by atoms with Gasteiger partial charge in [0.15, 0.2) is 11.4 Å². The van der Waals surface area contributed by atoms with Crippen molar-refractivity contribution in [2.45, 2.75) is 0 Å². The summed E-state index contributed by atoms with van der Waals surface area (Å²) in [5.41, 5.74) is 0.782. The Hall–Kier alpha value is -2.99. The number of imidazole rings is 1. The molecular weight excluding hydrogens is 216 g/mol. The number of hydrogen-bond donors (Lipinski definition) is 1. The van der Waals surface area contributed by atoms with Crippen molar-refractivity contribution in [2.24, 2.45) is 10.2 Å². The zero-order chi connectivity index (χ0) is 12.1. The van der Waals surface area contributed by atoms with Crippen LogP contribution in [0.25, 0.3) is 0 Å². The zero-order valence-corrected chi connectivity index (χ0v) is 8.62. The second-order valence-electron chi connectivity index (χ2n) is 3.04. The summed E-state index contributed by atoms with van der Waals surface area (Å²) in [7, 11) is 0. The van der Waals surface area contributed by atoms with Crippen LogP contribution in [0.5, 0.6) is 0 Å². The molecule has 0 fully saturated rings. The maximum Gasteiger partial charge on any atom is 0.249 e. The van der Waals surface area contributed by atoms with Crippen LogP contribution in [0.4, 0.5) is 11.6 Å². The first kappa shape index (κ1) is 10.5. The standard InChI is InChI=1S/C11H6N6/c12-6-9-10(7-13)15-11(14-9)17-16-8-4-2-1-3-5-8/h1-5H,(H,14,15). The fourth-order valence-corrected chi connectivity index (χ4v) is 1.17. The van der Waals surface area contributed by atoms with Crippen LogP contribution in [0.1, 0.15) is 11.4 Å². The molecule has 6 nitrogen and oxygen atoms in total. The van der Waals surface area contributed by atoms with Crippen LogP contribution in [0.2, 0.25) is 0 Å². The number of benzene rings is 1. The second-order valence-corrected chi connectivity index (χ2v) is 3.04. The van der Waals surface area contributed by atoms with Crippen molar-refractivity contribution in [3.05, 3.63) is 41.7 Å². The minimum atomic E-state index is 0.0227. The van der Waals surface area contributed by atoms with Gasteiger partial charge in [0.2, 0.25) is 5.95 Å². The molecular formula is C11H6N6. The highest BCUT2D eigenvalue weighted by Crippen LogP contribution is 2.16. The van der Waals surface area contributed by atoms with Crippen molar-refractivity contribution >= 4 is 11.6 Å². The van der Waals surface area contributed by atoms with Gasteiger partial charge in [-0.05, 0) is 12.1 Å². The molecule has 0 aliphatic carbocycles. The molecule has 17 heavy (non-hydrogen) atoms. The second kappa shape index (κ2) is 4.69. The van der Waals surface area contributed by atoms with Crippen molar-refractivity contribution in [1.29, 1.82) is 10.5 Å². The van der Waals surface area contributed by atoms with Gasteiger partial charge in [0, 0.05) is 0 Å². The first-order valence-corrected chi connectivity index (χ1v) is 4.70. The molecule has 1 aromatic carbocycles. The Labute approximate surface area is 96.9 Å². The average molecular weight is 222 g/mol. The van der Waals surface area contributed by atoms with Crippen LogP contribution in [-0.4, -0.2) is 9.97 Å². The number of aromatic nitrogens is 2. The number of nitrogens with zero attached hydrogens (tertiary/aromatic N) is 5. The normalized spacial score (nSPS) is 10.0. The molecule has 1 aromatic heterocycles. The van der Waals surface area contributed by atoms with Gasteiger partial charge in [-0.1, -0.05) is 18.2 Å². The lowest BCUT2D eigenvalue weighted by atomic mass is 10.3. The number of H-pyrrole nitrogens is 1. The highest BCUT2D eigenvalue weighted by Gasteiger charge is 2.07. The van der Waals surface area contributed by atoms with Gasteiger partial charge in [0.05, 0.1) is 5.69 Å². The Bertz CT molecular complexity index is 595. The van der Waals surface area contributed by atoms with Crippen LogP contribution in [0.15, 0.2) is 40.6 Å². The van der Waals surface area contributed by atoms with Crippen molar-refractivity contribution in [2.75, 3.05) is 0 Å². The van der Waals surface area contributed by atoms with Gasteiger partial charge < -0.3 is 4.98 Å². The highest BCUT2D eigenvalue weighted by atomic mass is 15.2. The number of rotatable bonds is 2. The molecule has 0 aliphatic rings. The summed E-state index contributed by atoms with van der Waals surface area (Å²) in [6, 6.07) is 12.7. The molecule has 0 saturated carbocycles. The van der Waals surface area contributed by atoms with Gasteiger partial charge in [-0.3, -0.25) is 0 Å². The summed E-state index contributed by atoms with van der Waals surface area (Å²) in [4.78, 5) is 6.41. The molecule has 0 unspecified atom stereocenters. The number of hydrogen-bond acceptors (Lipinski definition) is 5. The first-order valence-electron chi connectivity index (χ1n) is 4.70. The van der Waals surface area contributed by atoms with Crippen molar-refractivity contribution in [1.82, 2.24) is 9.97 Å². The molecule has 1 N–H and O–H groups in total.